The molecule has 0 aliphatic heterocycles. The summed E-state index contributed by atoms with van der Waals surface area (Å²) in [6.07, 6.45) is 11.5. The van der Waals surface area contributed by atoms with E-state index in [1.165, 1.54) is 0 Å². The van der Waals surface area contributed by atoms with E-state index < -0.39 is 0 Å². The lowest BCUT2D eigenvalue weighted by atomic mass is 9.92. The van der Waals surface area contributed by atoms with Crippen LogP contribution in [0.5, 0.6) is 0 Å². The minimum Gasteiger partial charge on any atom is -0.359 e. The number of pyridine rings is 1. The highest BCUT2D eigenvalue weighted by atomic mass is 16.5. The zero-order valence-electron chi connectivity index (χ0n) is 12.7. The van der Waals surface area contributed by atoms with Crippen molar-refractivity contribution < 1.29 is 4.52 Å². The predicted octanol–water partition coefficient (Wildman–Crippen LogP) is 3.20. The van der Waals surface area contributed by atoms with Crippen molar-refractivity contribution in [2.45, 2.75) is 31.7 Å². The molecule has 3 aromatic rings. The minimum absolute atomic E-state index is 0.479. The Morgan fingerprint density at radius 1 is 1.22 bits per heavy atom. The molecule has 6 heteroatoms. The Morgan fingerprint density at radius 3 is 3.04 bits per heavy atom. The van der Waals surface area contributed by atoms with Crippen LogP contribution in [0.2, 0.25) is 0 Å². The highest BCUT2D eigenvalue weighted by Crippen LogP contribution is 2.27. The Hall–Kier alpha value is -2.76. The molecule has 3 aromatic heterocycles. The van der Waals surface area contributed by atoms with Gasteiger partial charge < -0.3 is 4.52 Å². The molecule has 0 fully saturated rings. The summed E-state index contributed by atoms with van der Waals surface area (Å²) in [5.41, 5.74) is 2.59. The predicted molar refractivity (Wildman–Crippen MR) is 84.6 cm³/mol. The first-order valence-electron chi connectivity index (χ1n) is 7.80. The third-order valence-electron chi connectivity index (χ3n) is 4.05. The van der Waals surface area contributed by atoms with E-state index in [4.69, 9.17) is 4.52 Å². The molecule has 6 nitrogen and oxygen atoms in total. The molecule has 3 heterocycles. The van der Waals surface area contributed by atoms with Crippen LogP contribution in [-0.2, 0) is 6.54 Å². The van der Waals surface area contributed by atoms with Crippen molar-refractivity contribution in [1.82, 2.24) is 25.1 Å². The molecular weight excluding hydrogens is 290 g/mol. The summed E-state index contributed by atoms with van der Waals surface area (Å²) in [6, 6.07) is 7.61. The molecule has 4 rings (SSSR count). The average molecular weight is 307 g/mol. The molecule has 23 heavy (non-hydrogen) atoms. The molecule has 0 bridgehead atoms. The van der Waals surface area contributed by atoms with E-state index in [0.717, 1.165) is 42.1 Å². The zero-order valence-corrected chi connectivity index (χ0v) is 12.7. The maximum absolute atomic E-state index is 5.39. The molecule has 0 unspecified atom stereocenters. The van der Waals surface area contributed by atoms with Crippen LogP contribution in [0.1, 0.15) is 36.6 Å². The molecule has 0 spiro atoms. The standard InChI is InChI=1S/C17H17N5O/c1-2-6-13(7-3-1)17-12-22(21-19-17)11-14-10-16(20-23-14)15-8-4-5-9-18-15/h1-2,4-5,8-10,12-13H,3,6-7,11H2/t13-/m1/s1. The van der Waals surface area contributed by atoms with Gasteiger partial charge in [-0.1, -0.05) is 28.6 Å². The first-order valence-corrected chi connectivity index (χ1v) is 7.80. The van der Waals surface area contributed by atoms with E-state index in [0.29, 0.717) is 12.5 Å². The number of hydrogen-bond acceptors (Lipinski definition) is 5. The summed E-state index contributed by atoms with van der Waals surface area (Å²) in [5, 5.41) is 12.6. The highest BCUT2D eigenvalue weighted by Gasteiger charge is 2.16. The molecule has 116 valence electrons. The highest BCUT2D eigenvalue weighted by molar-refractivity contribution is 5.52. The fourth-order valence-corrected chi connectivity index (χ4v) is 2.82. The number of rotatable bonds is 4. The second-order valence-corrected chi connectivity index (χ2v) is 5.72. The van der Waals surface area contributed by atoms with Crippen LogP contribution in [-0.4, -0.2) is 25.1 Å². The van der Waals surface area contributed by atoms with Gasteiger partial charge in [0, 0.05) is 24.4 Å². The van der Waals surface area contributed by atoms with E-state index >= 15 is 0 Å². The molecule has 0 saturated carbocycles. The van der Waals surface area contributed by atoms with Crippen LogP contribution in [0.15, 0.2) is 53.3 Å². The van der Waals surface area contributed by atoms with Gasteiger partial charge in [0.05, 0.1) is 11.4 Å². The maximum Gasteiger partial charge on any atom is 0.158 e. The van der Waals surface area contributed by atoms with E-state index in [1.54, 1.807) is 10.9 Å². The average Bonchev–Trinajstić information content (AvgIpc) is 3.27. The van der Waals surface area contributed by atoms with Crippen molar-refractivity contribution >= 4 is 0 Å². The first-order chi connectivity index (χ1) is 11.4. The van der Waals surface area contributed by atoms with Gasteiger partial charge in [0.15, 0.2) is 5.76 Å². The van der Waals surface area contributed by atoms with Crippen molar-refractivity contribution in [3.8, 4) is 11.4 Å². The van der Waals surface area contributed by atoms with Gasteiger partial charge >= 0.3 is 0 Å². The topological polar surface area (TPSA) is 69.6 Å². The van der Waals surface area contributed by atoms with Crippen molar-refractivity contribution in [3.05, 3.63) is 60.3 Å². The molecule has 0 saturated heterocycles. The van der Waals surface area contributed by atoms with Crippen molar-refractivity contribution in [2.24, 2.45) is 0 Å². The summed E-state index contributed by atoms with van der Waals surface area (Å²) in [7, 11) is 0. The van der Waals surface area contributed by atoms with Gasteiger partial charge in [-0.2, -0.15) is 0 Å². The summed E-state index contributed by atoms with van der Waals surface area (Å²) in [5.74, 6) is 1.22. The molecule has 1 atom stereocenters. The Balaban J connectivity index is 1.47. The van der Waals surface area contributed by atoms with Gasteiger partial charge in [-0.25, -0.2) is 4.68 Å². The molecular formula is C17H17N5O. The number of aromatic nitrogens is 5. The van der Waals surface area contributed by atoms with Crippen molar-refractivity contribution in [2.75, 3.05) is 0 Å². The van der Waals surface area contributed by atoms with E-state index in [1.807, 2.05) is 30.5 Å². The lowest BCUT2D eigenvalue weighted by Gasteiger charge is -2.13. The lowest BCUT2D eigenvalue weighted by molar-refractivity contribution is 0.371. The SMILES string of the molecule is C1=CC[C@@H](c2cn(Cc3cc(-c4ccccn4)no3)nn2)CC1. The molecule has 0 radical (unpaired) electrons. The monoisotopic (exact) mass is 307 g/mol. The summed E-state index contributed by atoms with van der Waals surface area (Å²) in [4.78, 5) is 4.27. The second-order valence-electron chi connectivity index (χ2n) is 5.72. The largest absolute Gasteiger partial charge is 0.359 e. The molecule has 0 amide bonds. The Morgan fingerprint density at radius 2 is 2.22 bits per heavy atom. The van der Waals surface area contributed by atoms with Gasteiger partial charge in [0.1, 0.15) is 12.2 Å². The Bertz CT molecular complexity index is 805. The van der Waals surface area contributed by atoms with E-state index in [2.05, 4.69) is 32.6 Å². The third kappa shape index (κ3) is 3.06. The van der Waals surface area contributed by atoms with Crippen LogP contribution in [0.4, 0.5) is 0 Å². The molecule has 1 aliphatic rings. The number of hydrogen-bond donors (Lipinski definition) is 0. The summed E-state index contributed by atoms with van der Waals surface area (Å²) in [6.45, 7) is 0.523. The molecule has 1 aliphatic carbocycles. The third-order valence-corrected chi connectivity index (χ3v) is 4.05. The second kappa shape index (κ2) is 6.16. The van der Waals surface area contributed by atoms with Gasteiger partial charge in [0.25, 0.3) is 0 Å². The summed E-state index contributed by atoms with van der Waals surface area (Å²) >= 11 is 0. The Labute approximate surface area is 133 Å². The van der Waals surface area contributed by atoms with Gasteiger partial charge in [-0.15, -0.1) is 5.10 Å². The van der Waals surface area contributed by atoms with Crippen LogP contribution < -0.4 is 0 Å². The van der Waals surface area contributed by atoms with Crippen LogP contribution in [0, 0.1) is 0 Å². The van der Waals surface area contributed by atoms with Crippen molar-refractivity contribution in [3.63, 3.8) is 0 Å². The van der Waals surface area contributed by atoms with E-state index in [9.17, 15) is 0 Å². The van der Waals surface area contributed by atoms with Crippen LogP contribution in [0.3, 0.4) is 0 Å². The fourth-order valence-electron chi connectivity index (χ4n) is 2.82. The van der Waals surface area contributed by atoms with Gasteiger partial charge in [-0.3, -0.25) is 4.98 Å². The Kier molecular flexibility index (Phi) is 3.71. The maximum atomic E-state index is 5.39. The molecule has 0 aromatic carbocycles. The molecule has 0 N–H and O–H groups in total. The van der Waals surface area contributed by atoms with Crippen LogP contribution >= 0.6 is 0 Å². The zero-order chi connectivity index (χ0) is 15.5. The van der Waals surface area contributed by atoms with Gasteiger partial charge in [0.2, 0.25) is 0 Å². The van der Waals surface area contributed by atoms with Crippen LogP contribution in [0.25, 0.3) is 11.4 Å². The fraction of sp³-hybridized carbons (Fsp3) is 0.294. The normalized spacial score (nSPS) is 17.5. The number of allylic oxidation sites excluding steroid dienone is 2. The smallest absolute Gasteiger partial charge is 0.158 e. The summed E-state index contributed by atoms with van der Waals surface area (Å²) < 4.78 is 7.19. The first kappa shape index (κ1) is 13.9. The minimum atomic E-state index is 0.479. The van der Waals surface area contributed by atoms with Crippen molar-refractivity contribution in [1.29, 1.82) is 0 Å². The quantitative estimate of drug-likeness (QED) is 0.692. The van der Waals surface area contributed by atoms with E-state index in [-0.39, 0.29) is 0 Å². The van der Waals surface area contributed by atoms with Gasteiger partial charge in [-0.05, 0) is 31.4 Å². The number of nitrogens with zero attached hydrogens (tertiary/aromatic N) is 5. The lowest BCUT2D eigenvalue weighted by Crippen LogP contribution is -2.01.